The fraction of sp³-hybridized carbons (Fsp3) is 0.375. The van der Waals surface area contributed by atoms with Crippen LogP contribution in [-0.2, 0) is 4.74 Å². The zero-order valence-corrected chi connectivity index (χ0v) is 7.97. The van der Waals surface area contributed by atoms with E-state index in [4.69, 9.17) is 14.3 Å². The lowest BCUT2D eigenvalue weighted by molar-refractivity contribution is 0.0656. The maximum Gasteiger partial charge on any atom is 0.371 e. The van der Waals surface area contributed by atoms with Crippen LogP contribution in [0, 0.1) is 0 Å². The average Bonchev–Trinajstić information content (AvgIpc) is 2.53. The summed E-state index contributed by atoms with van der Waals surface area (Å²) in [5, 5.41) is 9.15. The highest BCUT2D eigenvalue weighted by Crippen LogP contribution is 2.20. The summed E-state index contributed by atoms with van der Waals surface area (Å²) in [7, 11) is 1.62. The number of carbonyl (C=O) groups is 1. The highest BCUT2D eigenvalue weighted by molar-refractivity contribution is 7.99. The van der Waals surface area contributed by atoms with Crippen molar-refractivity contribution in [2.45, 2.75) is 5.09 Å². The Hall–Kier alpha value is -0.940. The predicted octanol–water partition coefficient (Wildman–Crippen LogP) is 1.72. The molecule has 1 N–H and O–H groups in total. The van der Waals surface area contributed by atoms with Gasteiger partial charge < -0.3 is 14.3 Å². The Morgan fingerprint density at radius 1 is 1.69 bits per heavy atom. The molecule has 0 aromatic carbocycles. The van der Waals surface area contributed by atoms with Gasteiger partial charge in [-0.2, -0.15) is 0 Å². The molecular formula is C8H10O4S. The summed E-state index contributed by atoms with van der Waals surface area (Å²) in [6.45, 7) is 0.619. The topological polar surface area (TPSA) is 59.7 Å². The summed E-state index contributed by atoms with van der Waals surface area (Å²) in [6, 6.07) is 3.08. The van der Waals surface area contributed by atoms with Gasteiger partial charge in [-0.05, 0) is 12.1 Å². The Morgan fingerprint density at radius 3 is 3.00 bits per heavy atom. The lowest BCUT2D eigenvalue weighted by atomic mass is 10.5. The van der Waals surface area contributed by atoms with E-state index in [1.807, 2.05) is 0 Å². The van der Waals surface area contributed by atoms with Crippen LogP contribution in [0.2, 0.25) is 0 Å². The fourth-order valence-electron chi connectivity index (χ4n) is 0.738. The quantitative estimate of drug-likeness (QED) is 0.582. The smallest absolute Gasteiger partial charge is 0.371 e. The number of methoxy groups -OCH3 is 1. The molecule has 5 heteroatoms. The minimum atomic E-state index is -1.04. The van der Waals surface area contributed by atoms with Crippen molar-refractivity contribution in [2.24, 2.45) is 0 Å². The zero-order chi connectivity index (χ0) is 9.68. The van der Waals surface area contributed by atoms with E-state index in [0.717, 1.165) is 5.75 Å². The zero-order valence-electron chi connectivity index (χ0n) is 7.15. The minimum absolute atomic E-state index is 0.0279. The third kappa shape index (κ3) is 3.12. The van der Waals surface area contributed by atoms with Crippen molar-refractivity contribution in [2.75, 3.05) is 19.5 Å². The summed E-state index contributed by atoms with van der Waals surface area (Å²) in [6.07, 6.45) is 0. The Kier molecular flexibility index (Phi) is 3.85. The van der Waals surface area contributed by atoms with Gasteiger partial charge >= 0.3 is 5.97 Å². The Labute approximate surface area is 79.9 Å². The molecule has 0 spiro atoms. The lowest BCUT2D eigenvalue weighted by Crippen LogP contribution is -1.92. The molecule has 0 bridgehead atoms. The molecule has 0 radical (unpaired) electrons. The number of hydrogen-bond acceptors (Lipinski definition) is 4. The highest BCUT2D eigenvalue weighted by Gasteiger charge is 2.08. The van der Waals surface area contributed by atoms with E-state index in [9.17, 15) is 4.79 Å². The van der Waals surface area contributed by atoms with Gasteiger partial charge in [0.15, 0.2) is 5.09 Å². The SMILES string of the molecule is COCCSc1ccc(C(=O)O)o1. The summed E-state index contributed by atoms with van der Waals surface area (Å²) in [5.41, 5.74) is 0. The third-order valence-corrected chi connectivity index (χ3v) is 2.20. The molecule has 0 aliphatic rings. The standard InChI is InChI=1S/C8H10O4S/c1-11-4-5-13-7-3-2-6(12-7)8(9)10/h2-3H,4-5H2,1H3,(H,9,10). The molecular weight excluding hydrogens is 192 g/mol. The normalized spacial score (nSPS) is 10.2. The molecule has 1 heterocycles. The molecule has 13 heavy (non-hydrogen) atoms. The van der Waals surface area contributed by atoms with Crippen LogP contribution in [0.1, 0.15) is 10.6 Å². The number of carboxylic acids is 1. The molecule has 1 aromatic heterocycles. The van der Waals surface area contributed by atoms with Crippen LogP contribution in [-0.4, -0.2) is 30.5 Å². The molecule has 4 nitrogen and oxygen atoms in total. The molecule has 0 atom stereocenters. The highest BCUT2D eigenvalue weighted by atomic mass is 32.2. The fourth-order valence-corrected chi connectivity index (χ4v) is 1.50. The first-order valence-electron chi connectivity index (χ1n) is 3.69. The summed E-state index contributed by atoms with van der Waals surface area (Å²) in [4.78, 5) is 10.4. The van der Waals surface area contributed by atoms with E-state index >= 15 is 0 Å². The van der Waals surface area contributed by atoms with E-state index < -0.39 is 5.97 Å². The number of thioether (sulfide) groups is 1. The maximum absolute atomic E-state index is 10.4. The van der Waals surface area contributed by atoms with E-state index in [1.54, 1.807) is 13.2 Å². The monoisotopic (exact) mass is 202 g/mol. The molecule has 1 rings (SSSR count). The van der Waals surface area contributed by atoms with Gasteiger partial charge in [-0.3, -0.25) is 0 Å². The van der Waals surface area contributed by atoms with Crippen LogP contribution in [0.15, 0.2) is 21.6 Å². The average molecular weight is 202 g/mol. The molecule has 72 valence electrons. The molecule has 0 aliphatic carbocycles. The Balaban J connectivity index is 2.44. The van der Waals surface area contributed by atoms with Gasteiger partial charge in [0.1, 0.15) is 0 Å². The van der Waals surface area contributed by atoms with Crippen molar-refractivity contribution in [3.8, 4) is 0 Å². The van der Waals surface area contributed by atoms with Gasteiger partial charge in [0.2, 0.25) is 5.76 Å². The molecule has 0 aliphatic heterocycles. The number of furan rings is 1. The molecule has 0 unspecified atom stereocenters. The molecule has 0 fully saturated rings. The van der Waals surface area contributed by atoms with Crippen molar-refractivity contribution in [1.82, 2.24) is 0 Å². The summed E-state index contributed by atoms with van der Waals surface area (Å²) in [5.74, 6) is -0.318. The first-order chi connectivity index (χ1) is 6.24. The van der Waals surface area contributed by atoms with E-state index in [-0.39, 0.29) is 5.76 Å². The second kappa shape index (κ2) is 4.94. The van der Waals surface area contributed by atoms with E-state index in [0.29, 0.717) is 11.7 Å². The van der Waals surface area contributed by atoms with Crippen LogP contribution >= 0.6 is 11.8 Å². The van der Waals surface area contributed by atoms with E-state index in [2.05, 4.69) is 0 Å². The largest absolute Gasteiger partial charge is 0.475 e. The van der Waals surface area contributed by atoms with Crippen molar-refractivity contribution in [3.05, 3.63) is 17.9 Å². The van der Waals surface area contributed by atoms with Crippen LogP contribution in [0.25, 0.3) is 0 Å². The summed E-state index contributed by atoms with van der Waals surface area (Å²) >= 11 is 1.43. The number of hydrogen-bond donors (Lipinski definition) is 1. The molecule has 1 aromatic rings. The second-order valence-corrected chi connectivity index (χ2v) is 3.36. The molecule has 0 saturated carbocycles. The Bertz CT molecular complexity index is 281. The van der Waals surface area contributed by atoms with Crippen molar-refractivity contribution >= 4 is 17.7 Å². The second-order valence-electron chi connectivity index (χ2n) is 2.27. The van der Waals surface area contributed by atoms with Crippen molar-refractivity contribution in [1.29, 1.82) is 0 Å². The first kappa shape index (κ1) is 10.1. The number of aromatic carboxylic acids is 1. The van der Waals surface area contributed by atoms with Crippen LogP contribution < -0.4 is 0 Å². The van der Waals surface area contributed by atoms with Crippen molar-refractivity contribution in [3.63, 3.8) is 0 Å². The van der Waals surface area contributed by atoms with Gasteiger partial charge in [0.05, 0.1) is 6.61 Å². The van der Waals surface area contributed by atoms with Crippen LogP contribution in [0.5, 0.6) is 0 Å². The molecule has 0 saturated heterocycles. The van der Waals surface area contributed by atoms with Crippen molar-refractivity contribution < 1.29 is 19.1 Å². The number of carboxylic acid groups (broad SMARTS) is 1. The summed E-state index contributed by atoms with van der Waals surface area (Å²) < 4.78 is 9.84. The predicted molar refractivity (Wildman–Crippen MR) is 48.3 cm³/mol. The first-order valence-corrected chi connectivity index (χ1v) is 4.67. The van der Waals surface area contributed by atoms with Crippen LogP contribution in [0.3, 0.4) is 0 Å². The number of rotatable bonds is 5. The van der Waals surface area contributed by atoms with Gasteiger partial charge in [-0.1, -0.05) is 11.8 Å². The maximum atomic E-state index is 10.4. The Morgan fingerprint density at radius 2 is 2.46 bits per heavy atom. The lowest BCUT2D eigenvalue weighted by Gasteiger charge is -1.95. The van der Waals surface area contributed by atoms with Gasteiger partial charge in [-0.15, -0.1) is 0 Å². The van der Waals surface area contributed by atoms with Gasteiger partial charge in [0.25, 0.3) is 0 Å². The molecule has 0 amide bonds. The van der Waals surface area contributed by atoms with Crippen LogP contribution in [0.4, 0.5) is 0 Å². The van der Waals surface area contributed by atoms with E-state index in [1.165, 1.54) is 17.8 Å². The number of ether oxygens (including phenoxy) is 1. The minimum Gasteiger partial charge on any atom is -0.475 e. The third-order valence-electron chi connectivity index (χ3n) is 1.32. The van der Waals surface area contributed by atoms with Gasteiger partial charge in [0, 0.05) is 12.9 Å². The van der Waals surface area contributed by atoms with Gasteiger partial charge in [-0.25, -0.2) is 4.79 Å².